The standard InChI is InChI=1S/C25H24FN5O3/c1-13-4-11-19(18(26)12-13)31-22-20(24(33)30(25(31)34)17-9-10-17)21(14(2)23(32)29(22)3)28-16-7-5-15(27)6-8-16/h4-8,11-12,17,28H,9-10,27H2,1-3H3. The van der Waals surface area contributed by atoms with Crippen LogP contribution in [-0.2, 0) is 7.05 Å². The van der Waals surface area contributed by atoms with E-state index in [0.29, 0.717) is 35.3 Å². The van der Waals surface area contributed by atoms with Gasteiger partial charge in [0.1, 0.15) is 16.9 Å². The highest BCUT2D eigenvalue weighted by atomic mass is 19.1. The lowest BCUT2D eigenvalue weighted by molar-refractivity contribution is 0.596. The first-order valence-corrected chi connectivity index (χ1v) is 11.0. The van der Waals surface area contributed by atoms with Crippen LogP contribution in [0.4, 0.5) is 21.5 Å². The number of nitrogens with two attached hydrogens (primary N) is 1. The van der Waals surface area contributed by atoms with Crippen LogP contribution in [-0.4, -0.2) is 13.7 Å². The lowest BCUT2D eigenvalue weighted by atomic mass is 10.1. The van der Waals surface area contributed by atoms with Crippen molar-refractivity contribution in [2.75, 3.05) is 11.1 Å². The molecule has 4 aromatic rings. The van der Waals surface area contributed by atoms with Crippen LogP contribution in [0.1, 0.15) is 30.0 Å². The number of nitrogens with zero attached hydrogens (tertiary/aromatic N) is 3. The maximum atomic E-state index is 15.1. The van der Waals surface area contributed by atoms with Gasteiger partial charge in [0.05, 0.1) is 11.4 Å². The van der Waals surface area contributed by atoms with Crippen LogP contribution < -0.4 is 27.9 Å². The number of nitrogen functional groups attached to an aromatic ring is 1. The molecule has 0 radical (unpaired) electrons. The Hall–Kier alpha value is -4.14. The topological polar surface area (TPSA) is 104 Å². The minimum absolute atomic E-state index is 0.0210. The average Bonchev–Trinajstić information content (AvgIpc) is 3.62. The Kier molecular flexibility index (Phi) is 4.93. The second kappa shape index (κ2) is 7.72. The molecule has 174 valence electrons. The van der Waals surface area contributed by atoms with Gasteiger partial charge in [-0.05, 0) is 68.7 Å². The highest BCUT2D eigenvalue weighted by Gasteiger charge is 2.32. The first kappa shape index (κ1) is 21.7. The van der Waals surface area contributed by atoms with E-state index in [9.17, 15) is 14.4 Å². The number of hydrogen-bond donors (Lipinski definition) is 2. The number of aromatic nitrogens is 3. The molecule has 0 spiro atoms. The Labute approximate surface area is 193 Å². The molecule has 0 aliphatic heterocycles. The fourth-order valence-electron chi connectivity index (χ4n) is 4.32. The predicted molar refractivity (Wildman–Crippen MR) is 131 cm³/mol. The highest BCUT2D eigenvalue weighted by Crippen LogP contribution is 2.34. The van der Waals surface area contributed by atoms with E-state index in [1.807, 2.05) is 0 Å². The van der Waals surface area contributed by atoms with E-state index in [-0.39, 0.29) is 28.5 Å². The van der Waals surface area contributed by atoms with E-state index < -0.39 is 22.6 Å². The minimum atomic E-state index is -0.667. The van der Waals surface area contributed by atoms with Gasteiger partial charge in [-0.25, -0.2) is 13.8 Å². The van der Waals surface area contributed by atoms with E-state index in [2.05, 4.69) is 5.32 Å². The molecule has 0 unspecified atom stereocenters. The van der Waals surface area contributed by atoms with Crippen molar-refractivity contribution in [2.45, 2.75) is 32.7 Å². The van der Waals surface area contributed by atoms with E-state index in [1.54, 1.807) is 44.2 Å². The Morgan fingerprint density at radius 1 is 1.00 bits per heavy atom. The van der Waals surface area contributed by atoms with Crippen molar-refractivity contribution >= 4 is 28.1 Å². The van der Waals surface area contributed by atoms with Crippen molar-refractivity contribution in [3.05, 3.63) is 90.6 Å². The lowest BCUT2D eigenvalue weighted by Gasteiger charge is -2.20. The summed E-state index contributed by atoms with van der Waals surface area (Å²) in [7, 11) is 1.48. The molecular weight excluding hydrogens is 437 g/mol. The van der Waals surface area contributed by atoms with E-state index in [0.717, 1.165) is 4.57 Å². The van der Waals surface area contributed by atoms with Crippen LogP contribution in [0, 0.1) is 19.7 Å². The van der Waals surface area contributed by atoms with Gasteiger partial charge in [0.2, 0.25) is 0 Å². The van der Waals surface area contributed by atoms with E-state index >= 15 is 4.39 Å². The van der Waals surface area contributed by atoms with Crippen LogP contribution in [0.5, 0.6) is 0 Å². The maximum Gasteiger partial charge on any atom is 0.337 e. The predicted octanol–water partition coefficient (Wildman–Crippen LogP) is 3.27. The zero-order valence-electron chi connectivity index (χ0n) is 19.1. The molecule has 1 fully saturated rings. The second-order valence-electron chi connectivity index (χ2n) is 8.79. The molecule has 1 aliphatic carbocycles. The fourth-order valence-corrected chi connectivity index (χ4v) is 4.32. The summed E-state index contributed by atoms with van der Waals surface area (Å²) in [6.45, 7) is 3.36. The number of anilines is 3. The molecule has 5 rings (SSSR count). The molecule has 0 amide bonds. The Bertz CT molecular complexity index is 1640. The van der Waals surface area contributed by atoms with Crippen LogP contribution in [0.3, 0.4) is 0 Å². The van der Waals surface area contributed by atoms with Gasteiger partial charge in [0, 0.05) is 30.0 Å². The molecule has 1 saturated carbocycles. The van der Waals surface area contributed by atoms with Gasteiger partial charge in [-0.1, -0.05) is 6.07 Å². The Morgan fingerprint density at radius 2 is 1.68 bits per heavy atom. The van der Waals surface area contributed by atoms with Gasteiger partial charge < -0.3 is 11.1 Å². The van der Waals surface area contributed by atoms with Crippen molar-refractivity contribution < 1.29 is 4.39 Å². The van der Waals surface area contributed by atoms with Gasteiger partial charge >= 0.3 is 5.69 Å². The molecule has 0 saturated heterocycles. The summed E-state index contributed by atoms with van der Waals surface area (Å²) in [6.07, 6.45) is 1.37. The highest BCUT2D eigenvalue weighted by molar-refractivity contribution is 5.93. The zero-order valence-corrected chi connectivity index (χ0v) is 19.1. The van der Waals surface area contributed by atoms with Crippen molar-refractivity contribution in [1.82, 2.24) is 13.7 Å². The number of hydrogen-bond acceptors (Lipinski definition) is 5. The summed E-state index contributed by atoms with van der Waals surface area (Å²) in [4.78, 5) is 40.5. The molecule has 1 aliphatic rings. The van der Waals surface area contributed by atoms with Gasteiger partial charge in [-0.3, -0.25) is 18.7 Å². The van der Waals surface area contributed by atoms with Crippen molar-refractivity contribution in [3.63, 3.8) is 0 Å². The average molecular weight is 461 g/mol. The number of aryl methyl sites for hydroxylation is 2. The first-order valence-electron chi connectivity index (χ1n) is 11.0. The van der Waals surface area contributed by atoms with E-state index in [1.165, 1.54) is 28.3 Å². The molecule has 2 heterocycles. The maximum absolute atomic E-state index is 15.1. The van der Waals surface area contributed by atoms with Crippen LogP contribution >= 0.6 is 0 Å². The molecular formula is C25H24FN5O3. The summed E-state index contributed by atoms with van der Waals surface area (Å²) in [5.74, 6) is -0.620. The smallest absolute Gasteiger partial charge is 0.337 e. The fraction of sp³-hybridized carbons (Fsp3) is 0.240. The third-order valence-electron chi connectivity index (χ3n) is 6.27. The molecule has 2 aromatic heterocycles. The normalized spacial score (nSPS) is 13.4. The molecule has 3 N–H and O–H groups in total. The van der Waals surface area contributed by atoms with Gasteiger partial charge in [-0.2, -0.15) is 0 Å². The van der Waals surface area contributed by atoms with Gasteiger partial charge in [-0.15, -0.1) is 0 Å². The summed E-state index contributed by atoms with van der Waals surface area (Å²) >= 11 is 0. The zero-order chi connectivity index (χ0) is 24.3. The monoisotopic (exact) mass is 461 g/mol. The van der Waals surface area contributed by atoms with Crippen molar-refractivity contribution in [3.8, 4) is 5.69 Å². The summed E-state index contributed by atoms with van der Waals surface area (Å²) in [6, 6.07) is 11.1. The lowest BCUT2D eigenvalue weighted by Crippen LogP contribution is -2.42. The quantitative estimate of drug-likeness (QED) is 0.454. The third kappa shape index (κ3) is 3.32. The SMILES string of the molecule is Cc1ccc(-n2c(=O)n(C3CC3)c(=O)c3c(Nc4ccc(N)cc4)c(C)c(=O)n(C)c32)c(F)c1. The molecule has 2 aromatic carbocycles. The van der Waals surface area contributed by atoms with Gasteiger partial charge in [0.25, 0.3) is 11.1 Å². The number of rotatable bonds is 4. The summed E-state index contributed by atoms with van der Waals surface area (Å²) < 4.78 is 18.7. The third-order valence-corrected chi connectivity index (χ3v) is 6.27. The van der Waals surface area contributed by atoms with Crippen molar-refractivity contribution in [1.29, 1.82) is 0 Å². The minimum Gasteiger partial charge on any atom is -0.399 e. The number of nitrogens with one attached hydrogen (secondary N) is 1. The van der Waals surface area contributed by atoms with Crippen LogP contribution in [0.15, 0.2) is 56.8 Å². The van der Waals surface area contributed by atoms with Crippen LogP contribution in [0.2, 0.25) is 0 Å². The molecule has 8 nitrogen and oxygen atoms in total. The van der Waals surface area contributed by atoms with Gasteiger partial charge in [0.15, 0.2) is 0 Å². The molecule has 34 heavy (non-hydrogen) atoms. The number of pyridine rings is 1. The molecule has 0 atom stereocenters. The van der Waals surface area contributed by atoms with E-state index in [4.69, 9.17) is 5.73 Å². The van der Waals surface area contributed by atoms with Crippen molar-refractivity contribution in [2.24, 2.45) is 7.05 Å². The Morgan fingerprint density at radius 3 is 2.29 bits per heavy atom. The number of benzene rings is 2. The summed E-state index contributed by atoms with van der Waals surface area (Å²) in [5.41, 5.74) is 6.66. The largest absolute Gasteiger partial charge is 0.399 e. The molecule has 0 bridgehead atoms. The number of halogens is 1. The second-order valence-corrected chi connectivity index (χ2v) is 8.79. The summed E-state index contributed by atoms with van der Waals surface area (Å²) in [5, 5.41) is 3.31. The van der Waals surface area contributed by atoms with Crippen LogP contribution in [0.25, 0.3) is 16.7 Å². The Balaban J connectivity index is 1.96. The number of fused-ring (bicyclic) bond motifs is 1. The first-order chi connectivity index (χ1) is 16.2. The molecule has 9 heteroatoms.